The van der Waals surface area contributed by atoms with E-state index in [4.69, 9.17) is 5.26 Å². The SMILES string of the molecule is N#CC1CCCN(C2CC2)CC1. The van der Waals surface area contributed by atoms with Crippen LogP contribution in [0.15, 0.2) is 0 Å². The number of nitriles is 1. The van der Waals surface area contributed by atoms with Crippen LogP contribution >= 0.6 is 0 Å². The van der Waals surface area contributed by atoms with E-state index in [-0.39, 0.29) is 0 Å². The van der Waals surface area contributed by atoms with Gasteiger partial charge >= 0.3 is 0 Å². The molecule has 0 amide bonds. The zero-order chi connectivity index (χ0) is 8.39. The molecule has 1 atom stereocenters. The molecular formula is C10H16N2. The van der Waals surface area contributed by atoms with Crippen LogP contribution in [0.3, 0.4) is 0 Å². The van der Waals surface area contributed by atoms with Gasteiger partial charge in [-0.15, -0.1) is 0 Å². The highest BCUT2D eigenvalue weighted by atomic mass is 15.2. The molecule has 2 aliphatic rings. The third-order valence-electron chi connectivity index (χ3n) is 3.01. The van der Waals surface area contributed by atoms with Crippen LogP contribution in [0, 0.1) is 17.2 Å². The van der Waals surface area contributed by atoms with E-state index in [1.54, 1.807) is 0 Å². The highest BCUT2D eigenvalue weighted by Crippen LogP contribution is 2.29. The van der Waals surface area contributed by atoms with Crippen molar-refractivity contribution in [3.05, 3.63) is 0 Å². The summed E-state index contributed by atoms with van der Waals surface area (Å²) in [5.74, 6) is 0.341. The van der Waals surface area contributed by atoms with E-state index in [1.165, 1.54) is 32.4 Å². The Morgan fingerprint density at radius 2 is 1.92 bits per heavy atom. The van der Waals surface area contributed by atoms with Gasteiger partial charge in [0.2, 0.25) is 0 Å². The summed E-state index contributed by atoms with van der Waals surface area (Å²) >= 11 is 0. The normalized spacial score (nSPS) is 32.4. The van der Waals surface area contributed by atoms with Gasteiger partial charge in [0.05, 0.1) is 6.07 Å². The van der Waals surface area contributed by atoms with Gasteiger partial charge in [0.1, 0.15) is 0 Å². The van der Waals surface area contributed by atoms with Crippen LogP contribution < -0.4 is 0 Å². The van der Waals surface area contributed by atoms with E-state index in [0.717, 1.165) is 18.9 Å². The van der Waals surface area contributed by atoms with Crippen molar-refractivity contribution in [2.45, 2.75) is 38.1 Å². The first-order valence-electron chi connectivity index (χ1n) is 5.04. The molecule has 2 rings (SSSR count). The molecule has 0 aromatic carbocycles. The zero-order valence-corrected chi connectivity index (χ0v) is 7.50. The topological polar surface area (TPSA) is 27.0 Å². The quantitative estimate of drug-likeness (QED) is 0.590. The van der Waals surface area contributed by atoms with E-state index in [1.807, 2.05) is 0 Å². The summed E-state index contributed by atoms with van der Waals surface area (Å²) in [6.07, 6.45) is 6.26. The molecular weight excluding hydrogens is 148 g/mol. The van der Waals surface area contributed by atoms with Crippen LogP contribution in [-0.4, -0.2) is 24.0 Å². The van der Waals surface area contributed by atoms with Gasteiger partial charge in [-0.25, -0.2) is 0 Å². The fourth-order valence-corrected chi connectivity index (χ4v) is 2.05. The molecule has 0 bridgehead atoms. The summed E-state index contributed by atoms with van der Waals surface area (Å²) < 4.78 is 0. The monoisotopic (exact) mass is 164 g/mol. The molecule has 1 heterocycles. The van der Waals surface area contributed by atoms with Crippen LogP contribution in [-0.2, 0) is 0 Å². The lowest BCUT2D eigenvalue weighted by Gasteiger charge is -2.18. The fraction of sp³-hybridized carbons (Fsp3) is 0.900. The second-order valence-electron chi connectivity index (χ2n) is 4.02. The van der Waals surface area contributed by atoms with Crippen molar-refractivity contribution in [1.29, 1.82) is 5.26 Å². The largest absolute Gasteiger partial charge is 0.300 e. The van der Waals surface area contributed by atoms with Gasteiger partial charge in [-0.1, -0.05) is 0 Å². The van der Waals surface area contributed by atoms with Crippen molar-refractivity contribution in [3.63, 3.8) is 0 Å². The van der Waals surface area contributed by atoms with Crippen molar-refractivity contribution in [2.75, 3.05) is 13.1 Å². The van der Waals surface area contributed by atoms with E-state index in [9.17, 15) is 0 Å². The minimum absolute atomic E-state index is 0.341. The standard InChI is InChI=1S/C10H16N2/c11-8-9-2-1-6-12(7-5-9)10-3-4-10/h9-10H,1-7H2. The lowest BCUT2D eigenvalue weighted by Crippen LogP contribution is -2.26. The third kappa shape index (κ3) is 1.78. The summed E-state index contributed by atoms with van der Waals surface area (Å²) in [7, 11) is 0. The molecule has 66 valence electrons. The number of nitrogens with zero attached hydrogens (tertiary/aromatic N) is 2. The van der Waals surface area contributed by atoms with Crippen LogP contribution in [0.1, 0.15) is 32.1 Å². The molecule has 0 aromatic rings. The predicted molar refractivity (Wildman–Crippen MR) is 47.5 cm³/mol. The Balaban J connectivity index is 1.84. The first kappa shape index (κ1) is 8.07. The van der Waals surface area contributed by atoms with Gasteiger partial charge < -0.3 is 4.90 Å². The number of hydrogen-bond acceptors (Lipinski definition) is 2. The van der Waals surface area contributed by atoms with Crippen LogP contribution in [0.2, 0.25) is 0 Å². The molecule has 1 aliphatic carbocycles. The molecule has 1 aliphatic heterocycles. The Morgan fingerprint density at radius 1 is 1.08 bits per heavy atom. The Bertz CT molecular complexity index is 191. The maximum atomic E-state index is 8.79. The minimum atomic E-state index is 0.341. The Morgan fingerprint density at radius 3 is 2.58 bits per heavy atom. The van der Waals surface area contributed by atoms with Crippen molar-refractivity contribution in [3.8, 4) is 6.07 Å². The van der Waals surface area contributed by atoms with Gasteiger partial charge in [0.25, 0.3) is 0 Å². The molecule has 1 unspecified atom stereocenters. The summed E-state index contributed by atoms with van der Waals surface area (Å²) in [5.41, 5.74) is 0. The van der Waals surface area contributed by atoms with E-state index in [2.05, 4.69) is 11.0 Å². The molecule has 2 nitrogen and oxygen atoms in total. The number of likely N-dealkylation sites (tertiary alicyclic amines) is 1. The van der Waals surface area contributed by atoms with Crippen molar-refractivity contribution < 1.29 is 0 Å². The first-order chi connectivity index (χ1) is 5.90. The van der Waals surface area contributed by atoms with Crippen LogP contribution in [0.5, 0.6) is 0 Å². The second-order valence-corrected chi connectivity index (χ2v) is 4.02. The van der Waals surface area contributed by atoms with Gasteiger partial charge in [0, 0.05) is 12.0 Å². The lowest BCUT2D eigenvalue weighted by molar-refractivity contribution is 0.273. The maximum absolute atomic E-state index is 8.79. The number of rotatable bonds is 1. The van der Waals surface area contributed by atoms with E-state index < -0.39 is 0 Å². The van der Waals surface area contributed by atoms with Crippen LogP contribution in [0.25, 0.3) is 0 Å². The molecule has 1 saturated heterocycles. The molecule has 0 aromatic heterocycles. The zero-order valence-electron chi connectivity index (χ0n) is 7.50. The Labute approximate surface area is 74.2 Å². The molecule has 0 radical (unpaired) electrons. The molecule has 2 heteroatoms. The van der Waals surface area contributed by atoms with Crippen molar-refractivity contribution >= 4 is 0 Å². The van der Waals surface area contributed by atoms with Gasteiger partial charge in [-0.3, -0.25) is 0 Å². The Hall–Kier alpha value is -0.550. The summed E-state index contributed by atoms with van der Waals surface area (Å²) in [5, 5.41) is 8.79. The summed E-state index contributed by atoms with van der Waals surface area (Å²) in [4.78, 5) is 2.58. The maximum Gasteiger partial charge on any atom is 0.0656 e. The molecule has 0 spiro atoms. The van der Waals surface area contributed by atoms with Gasteiger partial charge in [-0.05, 0) is 45.2 Å². The smallest absolute Gasteiger partial charge is 0.0656 e. The van der Waals surface area contributed by atoms with Crippen molar-refractivity contribution in [2.24, 2.45) is 5.92 Å². The average Bonchev–Trinajstić information content (AvgIpc) is 2.91. The predicted octanol–water partition coefficient (Wildman–Crippen LogP) is 1.77. The molecule has 12 heavy (non-hydrogen) atoms. The van der Waals surface area contributed by atoms with Gasteiger partial charge in [-0.2, -0.15) is 5.26 Å². The van der Waals surface area contributed by atoms with Crippen molar-refractivity contribution in [1.82, 2.24) is 4.90 Å². The minimum Gasteiger partial charge on any atom is -0.300 e. The third-order valence-corrected chi connectivity index (χ3v) is 3.01. The highest BCUT2D eigenvalue weighted by molar-refractivity contribution is 4.90. The van der Waals surface area contributed by atoms with E-state index in [0.29, 0.717) is 5.92 Å². The fourth-order valence-electron chi connectivity index (χ4n) is 2.05. The lowest BCUT2D eigenvalue weighted by atomic mass is 10.0. The van der Waals surface area contributed by atoms with Crippen LogP contribution in [0.4, 0.5) is 0 Å². The average molecular weight is 164 g/mol. The summed E-state index contributed by atoms with van der Waals surface area (Å²) in [6, 6.07) is 3.29. The second kappa shape index (κ2) is 3.45. The summed E-state index contributed by atoms with van der Waals surface area (Å²) in [6.45, 7) is 2.41. The Kier molecular flexibility index (Phi) is 2.32. The highest BCUT2D eigenvalue weighted by Gasteiger charge is 2.30. The molecule has 1 saturated carbocycles. The first-order valence-corrected chi connectivity index (χ1v) is 5.04. The van der Waals surface area contributed by atoms with Gasteiger partial charge in [0.15, 0.2) is 0 Å². The number of hydrogen-bond donors (Lipinski definition) is 0. The molecule has 2 fully saturated rings. The molecule has 0 N–H and O–H groups in total. The van der Waals surface area contributed by atoms with E-state index >= 15 is 0 Å².